The topological polar surface area (TPSA) is 82.7 Å². The summed E-state index contributed by atoms with van der Waals surface area (Å²) >= 11 is 11.7. The van der Waals surface area contributed by atoms with Crippen LogP contribution >= 0.6 is 23.2 Å². The van der Waals surface area contributed by atoms with Crippen LogP contribution < -0.4 is 5.56 Å². The molecule has 122 valence electrons. The first kappa shape index (κ1) is 16.3. The van der Waals surface area contributed by atoms with Crippen molar-refractivity contribution in [3.8, 4) is 11.4 Å². The molecule has 0 fully saturated rings. The molecule has 24 heavy (non-hydrogen) atoms. The highest BCUT2D eigenvalue weighted by atomic mass is 35.5. The largest absolute Gasteiger partial charge is 0.504 e. The van der Waals surface area contributed by atoms with Gasteiger partial charge in [0.25, 0.3) is 5.56 Å². The molecule has 3 aromatic rings. The summed E-state index contributed by atoms with van der Waals surface area (Å²) in [5.41, 5.74) is 1.09. The van der Waals surface area contributed by atoms with Crippen LogP contribution in [0.25, 0.3) is 5.69 Å². The van der Waals surface area contributed by atoms with E-state index in [1.165, 1.54) is 16.8 Å². The summed E-state index contributed by atoms with van der Waals surface area (Å²) in [4.78, 5) is 12.5. The van der Waals surface area contributed by atoms with E-state index in [-0.39, 0.29) is 27.7 Å². The molecule has 8 heteroatoms. The molecule has 0 spiro atoms. The van der Waals surface area contributed by atoms with Gasteiger partial charge in [0.05, 0.1) is 16.4 Å². The van der Waals surface area contributed by atoms with Crippen molar-refractivity contribution in [3.63, 3.8) is 0 Å². The second-order valence-corrected chi connectivity index (χ2v) is 5.86. The molecule has 3 rings (SSSR count). The fourth-order valence-electron chi connectivity index (χ4n) is 2.15. The van der Waals surface area contributed by atoms with Crippen LogP contribution in [0.3, 0.4) is 0 Å². The van der Waals surface area contributed by atoms with Crippen LogP contribution in [0.5, 0.6) is 5.75 Å². The average molecular weight is 363 g/mol. The van der Waals surface area contributed by atoms with E-state index < -0.39 is 0 Å². The van der Waals surface area contributed by atoms with Gasteiger partial charge >= 0.3 is 0 Å². The van der Waals surface area contributed by atoms with Gasteiger partial charge in [-0.2, -0.15) is 0 Å². The average Bonchev–Trinajstić information content (AvgIpc) is 2.85. The van der Waals surface area contributed by atoms with Gasteiger partial charge < -0.3 is 5.11 Å². The summed E-state index contributed by atoms with van der Waals surface area (Å²) in [5, 5.41) is 21.0. The molecule has 0 unspecified atom stereocenters. The molecular weight excluding hydrogens is 351 g/mol. The number of H-pyrrole nitrogens is 1. The van der Waals surface area contributed by atoms with Crippen molar-refractivity contribution in [3.05, 3.63) is 68.6 Å². The minimum atomic E-state index is -0.352. The number of hydrogen-bond donors (Lipinski definition) is 2. The third-order valence-corrected chi connectivity index (χ3v) is 3.83. The predicted octanol–water partition coefficient (Wildman–Crippen LogP) is 4.90. The fourth-order valence-corrected chi connectivity index (χ4v) is 2.63. The zero-order valence-corrected chi connectivity index (χ0v) is 14.0. The Bertz CT molecular complexity index is 978. The molecular formula is C16H12Cl2N4O2. The number of phenolic OH excluding ortho intramolecular Hbond substituents is 1. The van der Waals surface area contributed by atoms with Crippen LogP contribution in [0.15, 0.2) is 57.5 Å². The number of halogens is 2. The van der Waals surface area contributed by atoms with Gasteiger partial charge in [0.1, 0.15) is 5.69 Å². The first-order chi connectivity index (χ1) is 11.5. The molecule has 0 aliphatic rings. The number of benzene rings is 2. The Labute approximate surface area is 147 Å². The highest BCUT2D eigenvalue weighted by Gasteiger charge is 2.13. The maximum atomic E-state index is 12.5. The lowest BCUT2D eigenvalue weighted by molar-refractivity contribution is 0.476. The summed E-state index contributed by atoms with van der Waals surface area (Å²) in [6.45, 7) is 1.71. The zero-order chi connectivity index (χ0) is 17.3. The first-order valence-electron chi connectivity index (χ1n) is 6.94. The number of aromatic nitrogens is 2. The standard InChI is InChI=1S/C16H12Cl2N4O2/c1-9-14(16(24)22(21-9)11-5-3-2-4-6-11)20-19-13-8-10(17)7-12(18)15(13)23/h2-8,21,23H,1H3. The van der Waals surface area contributed by atoms with Crippen molar-refractivity contribution in [1.82, 2.24) is 9.78 Å². The lowest BCUT2D eigenvalue weighted by Crippen LogP contribution is -2.13. The summed E-state index contributed by atoms with van der Waals surface area (Å²) < 4.78 is 1.37. The highest BCUT2D eigenvalue weighted by molar-refractivity contribution is 6.36. The highest BCUT2D eigenvalue weighted by Crippen LogP contribution is 2.37. The number of aromatic hydroxyl groups is 1. The number of rotatable bonds is 3. The molecule has 0 radical (unpaired) electrons. The van der Waals surface area contributed by atoms with Crippen LogP contribution in [0, 0.1) is 6.92 Å². The Kier molecular flexibility index (Phi) is 4.42. The number of nitrogens with one attached hydrogen (secondary N) is 1. The van der Waals surface area contributed by atoms with E-state index in [9.17, 15) is 9.90 Å². The van der Waals surface area contributed by atoms with Crippen molar-refractivity contribution in [2.24, 2.45) is 10.2 Å². The maximum Gasteiger partial charge on any atom is 0.299 e. The lowest BCUT2D eigenvalue weighted by atomic mass is 10.3. The van der Waals surface area contributed by atoms with Crippen molar-refractivity contribution < 1.29 is 5.11 Å². The molecule has 0 aliphatic carbocycles. The van der Waals surface area contributed by atoms with Gasteiger partial charge in [-0.25, -0.2) is 4.68 Å². The van der Waals surface area contributed by atoms with Crippen molar-refractivity contribution >= 4 is 34.6 Å². The van der Waals surface area contributed by atoms with Gasteiger partial charge in [-0.3, -0.25) is 9.89 Å². The molecule has 0 saturated carbocycles. The van der Waals surface area contributed by atoms with Crippen LogP contribution in [-0.2, 0) is 0 Å². The van der Waals surface area contributed by atoms with Crippen LogP contribution in [0.4, 0.5) is 11.4 Å². The third kappa shape index (κ3) is 3.06. The van der Waals surface area contributed by atoms with E-state index in [0.29, 0.717) is 16.4 Å². The van der Waals surface area contributed by atoms with E-state index in [2.05, 4.69) is 15.3 Å². The zero-order valence-electron chi connectivity index (χ0n) is 12.5. The Morgan fingerprint density at radius 1 is 1.12 bits per heavy atom. The van der Waals surface area contributed by atoms with Crippen LogP contribution in [-0.4, -0.2) is 14.9 Å². The van der Waals surface area contributed by atoms with E-state index in [0.717, 1.165) is 0 Å². The van der Waals surface area contributed by atoms with Gasteiger partial charge in [0.2, 0.25) is 0 Å². The maximum absolute atomic E-state index is 12.5. The summed E-state index contributed by atoms with van der Waals surface area (Å²) in [6, 6.07) is 11.9. The van der Waals surface area contributed by atoms with E-state index in [1.54, 1.807) is 19.1 Å². The molecule has 6 nitrogen and oxygen atoms in total. The van der Waals surface area contributed by atoms with Gasteiger partial charge in [-0.05, 0) is 31.2 Å². The second kappa shape index (κ2) is 6.51. The summed E-state index contributed by atoms with van der Waals surface area (Å²) in [5.74, 6) is -0.249. The summed E-state index contributed by atoms with van der Waals surface area (Å²) in [7, 11) is 0. The number of aryl methyl sites for hydroxylation is 1. The molecule has 0 saturated heterocycles. The molecule has 2 N–H and O–H groups in total. The Balaban J connectivity index is 2.03. The predicted molar refractivity (Wildman–Crippen MR) is 93.4 cm³/mol. The molecule has 1 aromatic heterocycles. The quantitative estimate of drug-likeness (QED) is 0.649. The van der Waals surface area contributed by atoms with Gasteiger partial charge in [0.15, 0.2) is 11.4 Å². The van der Waals surface area contributed by atoms with Crippen molar-refractivity contribution in [1.29, 1.82) is 0 Å². The minimum Gasteiger partial charge on any atom is -0.504 e. The Morgan fingerprint density at radius 3 is 2.54 bits per heavy atom. The Morgan fingerprint density at radius 2 is 1.83 bits per heavy atom. The van der Waals surface area contributed by atoms with E-state index >= 15 is 0 Å². The van der Waals surface area contributed by atoms with Gasteiger partial charge in [0, 0.05) is 5.02 Å². The lowest BCUT2D eigenvalue weighted by Gasteiger charge is -2.00. The van der Waals surface area contributed by atoms with Gasteiger partial charge in [-0.1, -0.05) is 41.4 Å². The van der Waals surface area contributed by atoms with E-state index in [4.69, 9.17) is 23.2 Å². The monoisotopic (exact) mass is 362 g/mol. The number of para-hydroxylation sites is 1. The smallest absolute Gasteiger partial charge is 0.299 e. The normalized spacial score (nSPS) is 11.3. The number of hydrogen-bond acceptors (Lipinski definition) is 4. The Hall–Kier alpha value is -2.57. The molecule has 0 aliphatic heterocycles. The molecule has 0 bridgehead atoms. The third-order valence-electron chi connectivity index (χ3n) is 3.32. The molecule has 2 aromatic carbocycles. The number of aromatic amines is 1. The van der Waals surface area contributed by atoms with E-state index in [1.807, 2.05) is 18.2 Å². The first-order valence-corrected chi connectivity index (χ1v) is 7.70. The van der Waals surface area contributed by atoms with Crippen LogP contribution in [0.1, 0.15) is 5.69 Å². The fraction of sp³-hybridized carbons (Fsp3) is 0.0625. The number of phenols is 1. The molecule has 0 atom stereocenters. The minimum absolute atomic E-state index is 0.0592. The van der Waals surface area contributed by atoms with Crippen LogP contribution in [0.2, 0.25) is 10.0 Å². The summed E-state index contributed by atoms with van der Waals surface area (Å²) in [6.07, 6.45) is 0. The SMILES string of the molecule is Cc1[nH]n(-c2ccccc2)c(=O)c1N=Nc1cc(Cl)cc(Cl)c1O. The number of nitrogens with zero attached hydrogens (tertiary/aromatic N) is 3. The van der Waals surface area contributed by atoms with Crippen molar-refractivity contribution in [2.75, 3.05) is 0 Å². The molecule has 0 amide bonds. The van der Waals surface area contributed by atoms with Gasteiger partial charge in [-0.15, -0.1) is 10.2 Å². The number of azo groups is 1. The van der Waals surface area contributed by atoms with Crippen molar-refractivity contribution in [2.45, 2.75) is 6.92 Å². The second-order valence-electron chi connectivity index (χ2n) is 5.02. The molecule has 1 heterocycles.